The van der Waals surface area contributed by atoms with Crippen LogP contribution in [0, 0.1) is 98.8 Å². The van der Waals surface area contributed by atoms with Crippen LogP contribution in [0.5, 0.6) is 0 Å². The van der Waals surface area contributed by atoms with E-state index in [1.807, 2.05) is 146 Å². The summed E-state index contributed by atoms with van der Waals surface area (Å²) in [6.45, 7) is 0. The van der Waals surface area contributed by atoms with E-state index in [1.54, 1.807) is 36.4 Å². The zero-order valence-electron chi connectivity index (χ0n) is 46.7. The van der Waals surface area contributed by atoms with Crippen molar-refractivity contribution >= 4 is 101 Å². The fourth-order valence-corrected chi connectivity index (χ4v) is 7.10. The van der Waals surface area contributed by atoms with Crippen LogP contribution in [0.3, 0.4) is 0 Å². The number of carboxylic acid groups (broad SMARTS) is 6. The van der Waals surface area contributed by atoms with Crippen LogP contribution in [0.15, 0.2) is 219 Å². The third-order valence-corrected chi connectivity index (χ3v) is 11.0. The molecule has 0 spiro atoms. The van der Waals surface area contributed by atoms with E-state index in [-0.39, 0.29) is 187 Å². The molecule has 12 rings (SSSR count). The summed E-state index contributed by atoms with van der Waals surface area (Å²) in [6, 6.07) is 53.3. The zero-order chi connectivity index (χ0) is 55.6. The minimum Gasteiger partial charge on any atom is -0.545 e. The Balaban J connectivity index is -0.000000229. The molecule has 90 heavy (non-hydrogen) atoms. The average molecular weight is 1530 g/mol. The first-order chi connectivity index (χ1) is 37.6. The van der Waals surface area contributed by atoms with E-state index in [2.05, 4.69) is 29.9 Å². The van der Waals surface area contributed by atoms with Crippen molar-refractivity contribution in [1.82, 2.24) is 29.9 Å². The Morgan fingerprint density at radius 2 is 0.333 bits per heavy atom. The third kappa shape index (κ3) is 26.6. The molecule has 0 saturated heterocycles. The third-order valence-electron chi connectivity index (χ3n) is 11.0. The number of aromatic carboxylic acids is 6. The molecular weight excluding hydrogens is 1460 g/mol. The van der Waals surface area contributed by atoms with Crippen molar-refractivity contribution in [2.75, 3.05) is 0 Å². The summed E-state index contributed by atoms with van der Waals surface area (Å²) in [4.78, 5) is 86.9. The number of pyridine rings is 6. The van der Waals surface area contributed by atoms with Crippen LogP contribution in [-0.2, 0) is 43.8 Å². The van der Waals surface area contributed by atoms with Gasteiger partial charge in [-0.25, -0.2) is 0 Å². The monoisotopic (exact) mass is 1530 g/mol. The summed E-state index contributed by atoms with van der Waals surface area (Å²) in [6.07, 6.45) is 7.82. The SMILES string of the molecule is O.O.O=C([O-])c1cnc2ccccc2c1.O=C([O-])c1cnc2ccccc2c1.O=C([O-])c1cnc2ccccc2c1.O=C([O-])c1cnc2ccccc2c1.O=C([O-])c1cnc2ccccc2c1.O=C([O-])c1cnc2ccccc2c1.[Eu+3].[Eu+3].[OH3+].[OH3+].[OH3+].[OH3+].[OH3+].[OH3+].[OH3+].[OH3+]. The molecule has 0 radical (unpaired) electrons. The molecule has 472 valence electrons. The quantitative estimate of drug-likeness (QED) is 0.140. The predicted molar refractivity (Wildman–Crippen MR) is 323 cm³/mol. The molecular formula is C60H64Eu2N6O22+8. The van der Waals surface area contributed by atoms with Crippen molar-refractivity contribution in [3.05, 3.63) is 253 Å². The number of aromatic nitrogens is 6. The van der Waals surface area contributed by atoms with Crippen LogP contribution < -0.4 is 30.6 Å². The summed E-state index contributed by atoms with van der Waals surface area (Å²) in [5.41, 5.74) is 5.37. The molecule has 0 amide bonds. The fourth-order valence-electron chi connectivity index (χ4n) is 7.10. The summed E-state index contributed by atoms with van der Waals surface area (Å²) in [7, 11) is 0. The first kappa shape index (κ1) is 92.5. The van der Waals surface area contributed by atoms with E-state index in [9.17, 15) is 59.4 Å². The summed E-state index contributed by atoms with van der Waals surface area (Å²) in [5, 5.41) is 67.8. The number of hydrogen-bond acceptors (Lipinski definition) is 18. The minimum absolute atomic E-state index is 0. The topological polar surface area (TPSA) is 645 Å². The Labute approximate surface area is 590 Å². The first-order valence-corrected chi connectivity index (χ1v) is 23.0. The maximum Gasteiger partial charge on any atom is 3.00 e. The molecule has 0 fully saturated rings. The number of carbonyl (C=O) groups excluding carboxylic acids is 6. The van der Waals surface area contributed by atoms with Gasteiger partial charge < -0.3 is 114 Å². The average Bonchev–Trinajstić information content (AvgIpc) is 2.79. The van der Waals surface area contributed by atoms with Gasteiger partial charge >= 0.3 is 98.8 Å². The molecule has 28 nitrogen and oxygen atoms in total. The van der Waals surface area contributed by atoms with Crippen LogP contribution in [0.4, 0.5) is 0 Å². The smallest absolute Gasteiger partial charge is 0.545 e. The van der Waals surface area contributed by atoms with E-state index in [4.69, 9.17) is 0 Å². The maximum atomic E-state index is 10.5. The number of benzene rings is 6. The van der Waals surface area contributed by atoms with Crippen molar-refractivity contribution in [3.63, 3.8) is 0 Å². The van der Waals surface area contributed by atoms with Gasteiger partial charge in [-0.1, -0.05) is 109 Å². The Morgan fingerprint density at radius 3 is 0.444 bits per heavy atom. The molecule has 6 heterocycles. The van der Waals surface area contributed by atoms with Crippen molar-refractivity contribution in [3.8, 4) is 0 Å². The van der Waals surface area contributed by atoms with Crippen LogP contribution in [-0.4, -0.2) is 76.7 Å². The Bertz CT molecular complexity index is 3520. The Hall–Kier alpha value is -8.63. The van der Waals surface area contributed by atoms with Gasteiger partial charge in [0.05, 0.1) is 68.9 Å². The fraction of sp³-hybridized carbons (Fsp3) is 0. The zero-order valence-corrected chi connectivity index (χ0v) is 51.6. The number of carbonyl (C=O) groups is 6. The maximum absolute atomic E-state index is 10.5. The van der Waals surface area contributed by atoms with E-state index < -0.39 is 35.8 Å². The molecule has 0 aliphatic carbocycles. The van der Waals surface area contributed by atoms with Gasteiger partial charge in [-0.05, 0) is 72.8 Å². The van der Waals surface area contributed by atoms with Crippen molar-refractivity contribution in [1.29, 1.82) is 0 Å². The first-order valence-electron chi connectivity index (χ1n) is 23.0. The predicted octanol–water partition coefficient (Wildman–Crippen LogP) is -5.43. The molecule has 6 aromatic heterocycles. The van der Waals surface area contributed by atoms with E-state index in [1.165, 1.54) is 37.2 Å². The van der Waals surface area contributed by atoms with Gasteiger partial charge in [0.2, 0.25) is 0 Å². The van der Waals surface area contributed by atoms with Gasteiger partial charge in [0.15, 0.2) is 0 Å². The van der Waals surface area contributed by atoms with Crippen molar-refractivity contribution in [2.45, 2.75) is 0 Å². The van der Waals surface area contributed by atoms with Crippen LogP contribution in [0.2, 0.25) is 0 Å². The summed E-state index contributed by atoms with van der Waals surface area (Å²) in [5.74, 6) is -7.18. The van der Waals surface area contributed by atoms with Crippen LogP contribution in [0.1, 0.15) is 62.1 Å². The molecule has 0 bridgehead atoms. The molecule has 0 aliphatic heterocycles. The second kappa shape index (κ2) is 45.6. The Morgan fingerprint density at radius 1 is 0.222 bits per heavy atom. The second-order valence-corrected chi connectivity index (χ2v) is 16.2. The molecule has 0 aliphatic rings. The molecule has 12 aromatic rings. The molecule has 0 unspecified atom stereocenters. The number of hydrogen-bond donors (Lipinski definition) is 0. The largest absolute Gasteiger partial charge is 3.00 e. The van der Waals surface area contributed by atoms with Gasteiger partial charge in [0, 0.05) is 103 Å². The van der Waals surface area contributed by atoms with Gasteiger partial charge in [-0.3, -0.25) is 29.9 Å². The number of fused-ring (bicyclic) bond motifs is 6. The second-order valence-electron chi connectivity index (χ2n) is 16.2. The molecule has 28 N–H and O–H groups in total. The van der Waals surface area contributed by atoms with Gasteiger partial charge in [0.25, 0.3) is 0 Å². The molecule has 0 saturated carbocycles. The van der Waals surface area contributed by atoms with Crippen molar-refractivity contribution in [2.24, 2.45) is 0 Å². The van der Waals surface area contributed by atoms with Gasteiger partial charge in [-0.15, -0.1) is 0 Å². The summed E-state index contributed by atoms with van der Waals surface area (Å²) >= 11 is 0. The molecule has 30 heteroatoms. The Kier molecular flexibility index (Phi) is 46.9. The number of nitrogens with zero attached hydrogens (tertiary/aromatic N) is 6. The number of rotatable bonds is 6. The van der Waals surface area contributed by atoms with Crippen LogP contribution >= 0.6 is 0 Å². The number of para-hydroxylation sites is 6. The standard InChI is InChI=1S/6C10H7NO2.2Eu.10H2O/c6*12-10(13)8-5-7-3-1-2-4-9(7)11-6-8;;;;;;;;;;;;/h6*1-6H,(H,12,13);;;10*1H2/q;;;;;;2*+3;;;;;;;;;;/p+2. The van der Waals surface area contributed by atoms with Gasteiger partial charge in [0.1, 0.15) is 0 Å². The molecule has 6 aromatic carbocycles. The van der Waals surface area contributed by atoms with Crippen molar-refractivity contribution < 1.29 is 213 Å². The summed E-state index contributed by atoms with van der Waals surface area (Å²) < 4.78 is 0. The van der Waals surface area contributed by atoms with E-state index in [0.717, 1.165) is 65.4 Å². The minimum atomic E-state index is -1.20. The van der Waals surface area contributed by atoms with E-state index >= 15 is 0 Å². The molecule has 0 atom stereocenters. The van der Waals surface area contributed by atoms with Gasteiger partial charge in [-0.2, -0.15) is 0 Å². The normalized spacial score (nSPS) is 8.80. The number of carboxylic acids is 6. The van der Waals surface area contributed by atoms with Crippen LogP contribution in [0.25, 0.3) is 65.4 Å². The van der Waals surface area contributed by atoms with E-state index in [0.29, 0.717) is 0 Å².